The predicted molar refractivity (Wildman–Crippen MR) is 80.7 cm³/mol. The van der Waals surface area contributed by atoms with Crippen molar-refractivity contribution in [1.29, 1.82) is 0 Å². The lowest BCUT2D eigenvalue weighted by Gasteiger charge is -2.45. The number of carbonyl (C=O) groups is 1. The smallest absolute Gasteiger partial charge is 0.242 e. The minimum absolute atomic E-state index is 0.00771. The Hall–Kier alpha value is -2.33. The van der Waals surface area contributed by atoms with Crippen molar-refractivity contribution in [2.45, 2.75) is 18.6 Å². The normalized spacial score (nSPS) is 21.0. The number of hydrogen-bond acceptors (Lipinski definition) is 3. The van der Waals surface area contributed by atoms with Gasteiger partial charge in [-0.3, -0.25) is 4.79 Å². The highest BCUT2D eigenvalue weighted by Gasteiger charge is 2.45. The Kier molecular flexibility index (Phi) is 3.62. The summed E-state index contributed by atoms with van der Waals surface area (Å²) in [4.78, 5) is 13.9. The Balaban J connectivity index is 1.84. The van der Waals surface area contributed by atoms with Gasteiger partial charge in [0.1, 0.15) is 11.8 Å². The maximum absolute atomic E-state index is 12.1. The van der Waals surface area contributed by atoms with E-state index in [1.165, 1.54) is 0 Å². The van der Waals surface area contributed by atoms with Crippen LogP contribution in [-0.4, -0.2) is 24.0 Å². The van der Waals surface area contributed by atoms with E-state index in [9.17, 15) is 4.79 Å². The van der Waals surface area contributed by atoms with E-state index in [1.54, 1.807) is 7.11 Å². The molecule has 108 valence electrons. The van der Waals surface area contributed by atoms with E-state index in [0.717, 1.165) is 16.9 Å². The number of benzene rings is 2. The van der Waals surface area contributed by atoms with Gasteiger partial charge in [0.15, 0.2) is 0 Å². The summed E-state index contributed by atoms with van der Waals surface area (Å²) < 4.78 is 5.24. The molecule has 0 aromatic heterocycles. The molecule has 0 aliphatic carbocycles. The first-order valence-corrected chi connectivity index (χ1v) is 6.94. The molecule has 2 aromatic carbocycles. The number of nitrogens with zero attached hydrogens (tertiary/aromatic N) is 1. The lowest BCUT2D eigenvalue weighted by molar-refractivity contribution is -0.150. The molecule has 2 N–H and O–H groups in total. The third kappa shape index (κ3) is 2.50. The van der Waals surface area contributed by atoms with Crippen LogP contribution in [0.15, 0.2) is 54.6 Å². The van der Waals surface area contributed by atoms with Crippen molar-refractivity contribution >= 4 is 5.91 Å². The second-order valence-electron chi connectivity index (χ2n) is 5.20. The van der Waals surface area contributed by atoms with Gasteiger partial charge < -0.3 is 15.4 Å². The quantitative estimate of drug-likeness (QED) is 0.874. The first kappa shape index (κ1) is 13.6. The molecule has 0 bridgehead atoms. The van der Waals surface area contributed by atoms with E-state index in [-0.39, 0.29) is 11.9 Å². The maximum atomic E-state index is 12.1. The summed E-state index contributed by atoms with van der Waals surface area (Å²) in [5, 5.41) is 0. The Morgan fingerprint density at radius 3 is 2.62 bits per heavy atom. The van der Waals surface area contributed by atoms with Crippen molar-refractivity contribution in [2.24, 2.45) is 5.73 Å². The van der Waals surface area contributed by atoms with Crippen LogP contribution in [0.25, 0.3) is 0 Å². The van der Waals surface area contributed by atoms with E-state index in [0.29, 0.717) is 6.54 Å². The molecule has 2 atom stereocenters. The summed E-state index contributed by atoms with van der Waals surface area (Å²) in [7, 11) is 1.63. The van der Waals surface area contributed by atoms with E-state index in [4.69, 9.17) is 10.5 Å². The molecule has 4 heteroatoms. The average Bonchev–Trinajstić information content (AvgIpc) is 2.55. The summed E-state index contributed by atoms with van der Waals surface area (Å²) >= 11 is 0. The molecule has 1 fully saturated rings. The molecule has 2 aromatic rings. The van der Waals surface area contributed by atoms with Crippen LogP contribution in [0.3, 0.4) is 0 Å². The second-order valence-corrected chi connectivity index (χ2v) is 5.20. The molecule has 0 unspecified atom stereocenters. The van der Waals surface area contributed by atoms with Gasteiger partial charge in [-0.1, -0.05) is 42.5 Å². The zero-order valence-corrected chi connectivity index (χ0v) is 11.9. The van der Waals surface area contributed by atoms with Gasteiger partial charge in [-0.2, -0.15) is 0 Å². The number of ether oxygens (including phenoxy) is 1. The first-order chi connectivity index (χ1) is 10.2. The summed E-state index contributed by atoms with van der Waals surface area (Å²) in [5.74, 6) is 0.769. The largest absolute Gasteiger partial charge is 0.497 e. The molecular formula is C17H18N2O2. The van der Waals surface area contributed by atoms with E-state index >= 15 is 0 Å². The van der Waals surface area contributed by atoms with Gasteiger partial charge in [-0.05, 0) is 23.3 Å². The van der Waals surface area contributed by atoms with Gasteiger partial charge in [0.2, 0.25) is 5.91 Å². The number of likely N-dealkylation sites (tertiary alicyclic amines) is 1. The molecule has 1 amide bonds. The standard InChI is InChI=1S/C17H18N2O2/c1-21-14-9-5-8-13(10-14)16-15(18)17(20)19(16)11-12-6-3-2-4-7-12/h2-10,15-16H,11,18H2,1H3/t15-,16+/m1/s1. The lowest BCUT2D eigenvalue weighted by Crippen LogP contribution is -2.62. The number of β-lactam (4-membered cyclic amide) rings is 1. The highest BCUT2D eigenvalue weighted by Crippen LogP contribution is 2.36. The fourth-order valence-electron chi connectivity index (χ4n) is 2.74. The van der Waals surface area contributed by atoms with Gasteiger partial charge >= 0.3 is 0 Å². The van der Waals surface area contributed by atoms with Crippen LogP contribution in [0.4, 0.5) is 0 Å². The Labute approximate surface area is 124 Å². The summed E-state index contributed by atoms with van der Waals surface area (Å²) in [5.41, 5.74) is 8.12. The van der Waals surface area contributed by atoms with Gasteiger partial charge in [0, 0.05) is 6.54 Å². The average molecular weight is 282 g/mol. The van der Waals surface area contributed by atoms with Crippen LogP contribution in [0, 0.1) is 0 Å². The van der Waals surface area contributed by atoms with Gasteiger partial charge in [0.25, 0.3) is 0 Å². The highest BCUT2D eigenvalue weighted by atomic mass is 16.5. The first-order valence-electron chi connectivity index (χ1n) is 6.94. The number of hydrogen-bond donors (Lipinski definition) is 1. The molecule has 0 spiro atoms. The minimum atomic E-state index is -0.471. The molecule has 1 heterocycles. The summed E-state index contributed by atoms with van der Waals surface area (Å²) in [6, 6.07) is 17.1. The number of rotatable bonds is 4. The molecule has 1 saturated heterocycles. The van der Waals surface area contributed by atoms with Crippen LogP contribution < -0.4 is 10.5 Å². The number of amides is 1. The molecule has 1 aliphatic heterocycles. The van der Waals surface area contributed by atoms with Crippen LogP contribution >= 0.6 is 0 Å². The van der Waals surface area contributed by atoms with Crippen molar-refractivity contribution in [3.8, 4) is 5.75 Å². The molecule has 0 saturated carbocycles. The van der Waals surface area contributed by atoms with Gasteiger partial charge in [0.05, 0.1) is 13.2 Å². The Morgan fingerprint density at radius 1 is 1.14 bits per heavy atom. The van der Waals surface area contributed by atoms with Crippen molar-refractivity contribution in [2.75, 3.05) is 7.11 Å². The Bertz CT molecular complexity index is 642. The lowest BCUT2D eigenvalue weighted by atomic mass is 9.88. The zero-order valence-electron chi connectivity index (χ0n) is 11.9. The maximum Gasteiger partial charge on any atom is 0.242 e. The number of methoxy groups -OCH3 is 1. The van der Waals surface area contributed by atoms with E-state index in [2.05, 4.69) is 0 Å². The molecule has 3 rings (SSSR count). The third-order valence-electron chi connectivity index (χ3n) is 3.88. The van der Waals surface area contributed by atoms with E-state index in [1.807, 2.05) is 59.5 Å². The second kappa shape index (κ2) is 5.58. The van der Waals surface area contributed by atoms with Gasteiger partial charge in [-0.25, -0.2) is 0 Å². The summed E-state index contributed by atoms with van der Waals surface area (Å²) in [6.07, 6.45) is 0. The van der Waals surface area contributed by atoms with Crippen LogP contribution in [0.2, 0.25) is 0 Å². The number of nitrogens with two attached hydrogens (primary N) is 1. The third-order valence-corrected chi connectivity index (χ3v) is 3.88. The predicted octanol–water partition coefficient (Wildman–Crippen LogP) is 2.11. The molecular weight excluding hydrogens is 264 g/mol. The van der Waals surface area contributed by atoms with Crippen molar-refractivity contribution < 1.29 is 9.53 Å². The molecule has 21 heavy (non-hydrogen) atoms. The van der Waals surface area contributed by atoms with Crippen molar-refractivity contribution in [3.63, 3.8) is 0 Å². The van der Waals surface area contributed by atoms with Gasteiger partial charge in [-0.15, -0.1) is 0 Å². The topological polar surface area (TPSA) is 55.6 Å². The summed E-state index contributed by atoms with van der Waals surface area (Å²) in [6.45, 7) is 0.579. The minimum Gasteiger partial charge on any atom is -0.497 e. The Morgan fingerprint density at radius 2 is 1.90 bits per heavy atom. The zero-order chi connectivity index (χ0) is 14.8. The van der Waals surface area contributed by atoms with Crippen LogP contribution in [-0.2, 0) is 11.3 Å². The monoisotopic (exact) mass is 282 g/mol. The number of carbonyl (C=O) groups excluding carboxylic acids is 1. The molecule has 1 aliphatic rings. The van der Waals surface area contributed by atoms with E-state index < -0.39 is 6.04 Å². The van der Waals surface area contributed by atoms with Crippen LogP contribution in [0.1, 0.15) is 17.2 Å². The van der Waals surface area contributed by atoms with Crippen LogP contribution in [0.5, 0.6) is 5.75 Å². The highest BCUT2D eigenvalue weighted by molar-refractivity contribution is 5.89. The molecule has 0 radical (unpaired) electrons. The SMILES string of the molecule is COc1cccc([C@H]2[C@@H](N)C(=O)N2Cc2ccccc2)c1. The van der Waals surface area contributed by atoms with Crippen molar-refractivity contribution in [3.05, 3.63) is 65.7 Å². The molecule has 4 nitrogen and oxygen atoms in total. The van der Waals surface area contributed by atoms with Crippen molar-refractivity contribution in [1.82, 2.24) is 4.90 Å². The fraction of sp³-hybridized carbons (Fsp3) is 0.235. The fourth-order valence-corrected chi connectivity index (χ4v) is 2.74.